The van der Waals surface area contributed by atoms with E-state index in [0.29, 0.717) is 11.3 Å². The number of carbonyl (C=O) groups excluding carboxylic acids is 4. The van der Waals surface area contributed by atoms with Crippen LogP contribution in [-0.4, -0.2) is 61.9 Å². The fraction of sp³-hybridized carbons (Fsp3) is 0.500. The summed E-state index contributed by atoms with van der Waals surface area (Å²) in [7, 11) is 1.28. The smallest absolute Gasteiger partial charge is 0.351 e. The number of esters is 3. The summed E-state index contributed by atoms with van der Waals surface area (Å²) in [6.07, 6.45) is -2.88. The van der Waals surface area contributed by atoms with Gasteiger partial charge in [0.1, 0.15) is 5.60 Å². The van der Waals surface area contributed by atoms with Crippen molar-refractivity contribution in [3.05, 3.63) is 29.8 Å². The van der Waals surface area contributed by atoms with Crippen LogP contribution >= 0.6 is 0 Å². The second kappa shape index (κ2) is 9.04. The summed E-state index contributed by atoms with van der Waals surface area (Å²) in [4.78, 5) is 50.0. The molecule has 1 saturated heterocycles. The maximum absolute atomic E-state index is 13.0. The standard InChI is InChI=1S/C20H25NO8/c1-12(22)28-16(19(25)29-20(2,3)4)15-17(23)21(10-11-27-15)14-8-6-13(7-9-14)18(24)26-5/h6-9,15-16H,10-11H2,1-5H3/t15-,16-/m1/s1. The Bertz CT molecular complexity index is 781. The van der Waals surface area contributed by atoms with E-state index in [9.17, 15) is 19.2 Å². The van der Waals surface area contributed by atoms with E-state index in [-0.39, 0.29) is 13.2 Å². The number of amides is 1. The first-order chi connectivity index (χ1) is 13.5. The lowest BCUT2D eigenvalue weighted by Gasteiger charge is -2.35. The van der Waals surface area contributed by atoms with E-state index in [2.05, 4.69) is 4.74 Å². The van der Waals surface area contributed by atoms with Crippen LogP contribution in [0.1, 0.15) is 38.1 Å². The molecule has 0 N–H and O–H groups in total. The van der Waals surface area contributed by atoms with Crippen LogP contribution in [0.15, 0.2) is 24.3 Å². The monoisotopic (exact) mass is 407 g/mol. The van der Waals surface area contributed by atoms with Crippen molar-refractivity contribution in [2.75, 3.05) is 25.2 Å². The van der Waals surface area contributed by atoms with Crippen LogP contribution in [0, 0.1) is 0 Å². The van der Waals surface area contributed by atoms with Crippen molar-refractivity contribution in [3.8, 4) is 0 Å². The third-order valence-corrected chi connectivity index (χ3v) is 3.93. The molecule has 0 aromatic heterocycles. The number of morpholine rings is 1. The Balaban J connectivity index is 2.25. The highest BCUT2D eigenvalue weighted by Crippen LogP contribution is 2.23. The fourth-order valence-corrected chi connectivity index (χ4v) is 2.75. The molecule has 1 aromatic carbocycles. The van der Waals surface area contributed by atoms with Crippen LogP contribution < -0.4 is 4.90 Å². The third kappa shape index (κ3) is 5.77. The molecule has 158 valence electrons. The van der Waals surface area contributed by atoms with Crippen LogP contribution in [0.25, 0.3) is 0 Å². The molecule has 0 radical (unpaired) electrons. The molecule has 1 aliphatic rings. The molecule has 2 atom stereocenters. The quantitative estimate of drug-likeness (QED) is 0.533. The summed E-state index contributed by atoms with van der Waals surface area (Å²) in [6.45, 7) is 6.47. The lowest BCUT2D eigenvalue weighted by atomic mass is 10.1. The highest BCUT2D eigenvalue weighted by atomic mass is 16.6. The minimum Gasteiger partial charge on any atom is -0.465 e. The van der Waals surface area contributed by atoms with Crippen LogP contribution in [0.5, 0.6) is 0 Å². The highest BCUT2D eigenvalue weighted by Gasteiger charge is 2.44. The van der Waals surface area contributed by atoms with E-state index >= 15 is 0 Å². The molecule has 9 heteroatoms. The molecule has 0 unspecified atom stereocenters. The zero-order valence-electron chi connectivity index (χ0n) is 17.1. The fourth-order valence-electron chi connectivity index (χ4n) is 2.75. The summed E-state index contributed by atoms with van der Waals surface area (Å²) in [6, 6.07) is 6.22. The molecule has 1 amide bonds. The van der Waals surface area contributed by atoms with Gasteiger partial charge in [-0.2, -0.15) is 0 Å². The first kappa shape index (κ1) is 22.4. The first-order valence-corrected chi connectivity index (χ1v) is 9.05. The number of hydrogen-bond donors (Lipinski definition) is 0. The van der Waals surface area contributed by atoms with Crippen molar-refractivity contribution in [3.63, 3.8) is 0 Å². The average Bonchev–Trinajstić information content (AvgIpc) is 2.64. The van der Waals surface area contributed by atoms with Gasteiger partial charge in [-0.3, -0.25) is 9.59 Å². The molecule has 0 spiro atoms. The van der Waals surface area contributed by atoms with Crippen LogP contribution in [0.3, 0.4) is 0 Å². The molecule has 9 nitrogen and oxygen atoms in total. The van der Waals surface area contributed by atoms with Gasteiger partial charge in [0.2, 0.25) is 6.10 Å². The Morgan fingerprint density at radius 2 is 1.79 bits per heavy atom. The molecule has 29 heavy (non-hydrogen) atoms. The molecular formula is C20H25NO8. The van der Waals surface area contributed by atoms with Crippen molar-refractivity contribution in [1.29, 1.82) is 0 Å². The number of benzene rings is 1. The zero-order valence-corrected chi connectivity index (χ0v) is 17.1. The van der Waals surface area contributed by atoms with Gasteiger partial charge in [-0.15, -0.1) is 0 Å². The second-order valence-electron chi connectivity index (χ2n) is 7.38. The molecule has 2 rings (SSSR count). The molecule has 1 aromatic rings. The number of methoxy groups -OCH3 is 1. The number of hydrogen-bond acceptors (Lipinski definition) is 8. The SMILES string of the molecule is COC(=O)c1ccc(N2CCO[C@H]([C@@H](OC(C)=O)C(=O)OC(C)(C)C)C2=O)cc1. The maximum atomic E-state index is 13.0. The molecule has 0 aliphatic carbocycles. The predicted octanol–water partition coefficient (Wildman–Crippen LogP) is 1.48. The van der Waals surface area contributed by atoms with Gasteiger partial charge in [0.05, 0.1) is 19.3 Å². The van der Waals surface area contributed by atoms with Gasteiger partial charge in [-0.1, -0.05) is 0 Å². The minimum atomic E-state index is -1.53. The molecular weight excluding hydrogens is 382 g/mol. The topological polar surface area (TPSA) is 108 Å². The Hall–Kier alpha value is -2.94. The van der Waals surface area contributed by atoms with E-state index in [1.807, 2.05) is 0 Å². The summed E-state index contributed by atoms with van der Waals surface area (Å²) in [5, 5.41) is 0. The predicted molar refractivity (Wildman–Crippen MR) is 101 cm³/mol. The van der Waals surface area contributed by atoms with Gasteiger partial charge in [-0.05, 0) is 45.0 Å². The molecule has 0 saturated carbocycles. The summed E-state index contributed by atoms with van der Waals surface area (Å²) < 4.78 is 20.5. The minimum absolute atomic E-state index is 0.121. The maximum Gasteiger partial charge on any atom is 0.351 e. The van der Waals surface area contributed by atoms with Crippen LogP contribution in [0.2, 0.25) is 0 Å². The Labute approximate surface area is 168 Å². The van der Waals surface area contributed by atoms with Crippen molar-refractivity contribution >= 4 is 29.5 Å². The summed E-state index contributed by atoms with van der Waals surface area (Å²) >= 11 is 0. The van der Waals surface area contributed by atoms with Gasteiger partial charge in [0, 0.05) is 19.2 Å². The van der Waals surface area contributed by atoms with E-state index in [1.165, 1.54) is 24.1 Å². The van der Waals surface area contributed by atoms with Gasteiger partial charge >= 0.3 is 17.9 Å². The average molecular weight is 407 g/mol. The number of nitrogens with zero attached hydrogens (tertiary/aromatic N) is 1. The number of rotatable bonds is 5. The van der Waals surface area contributed by atoms with Gasteiger partial charge in [-0.25, -0.2) is 9.59 Å². The normalized spacial score (nSPS) is 18.0. The van der Waals surface area contributed by atoms with E-state index < -0.39 is 41.6 Å². The van der Waals surface area contributed by atoms with Crippen molar-refractivity contribution < 1.29 is 38.1 Å². The second-order valence-corrected chi connectivity index (χ2v) is 7.38. The van der Waals surface area contributed by atoms with Crippen LogP contribution in [-0.2, 0) is 33.3 Å². The number of carbonyl (C=O) groups is 4. The summed E-state index contributed by atoms with van der Waals surface area (Å²) in [5.74, 6) is -2.66. The first-order valence-electron chi connectivity index (χ1n) is 9.05. The van der Waals surface area contributed by atoms with E-state index in [1.54, 1.807) is 32.9 Å². The Kier molecular flexibility index (Phi) is 6.97. The zero-order chi connectivity index (χ0) is 21.8. The Morgan fingerprint density at radius 1 is 1.17 bits per heavy atom. The molecule has 1 aliphatic heterocycles. The molecule has 0 bridgehead atoms. The van der Waals surface area contributed by atoms with Gasteiger partial charge in [0.25, 0.3) is 5.91 Å². The van der Waals surface area contributed by atoms with Crippen molar-refractivity contribution in [2.24, 2.45) is 0 Å². The molecule has 1 fully saturated rings. The number of ether oxygens (including phenoxy) is 4. The van der Waals surface area contributed by atoms with E-state index in [0.717, 1.165) is 6.92 Å². The van der Waals surface area contributed by atoms with Crippen molar-refractivity contribution in [2.45, 2.75) is 45.5 Å². The highest BCUT2D eigenvalue weighted by molar-refractivity contribution is 6.01. The third-order valence-electron chi connectivity index (χ3n) is 3.93. The van der Waals surface area contributed by atoms with Crippen LogP contribution in [0.4, 0.5) is 5.69 Å². The van der Waals surface area contributed by atoms with Crippen molar-refractivity contribution in [1.82, 2.24) is 0 Å². The lowest BCUT2D eigenvalue weighted by molar-refractivity contribution is -0.188. The lowest BCUT2D eigenvalue weighted by Crippen LogP contribution is -2.56. The summed E-state index contributed by atoms with van der Waals surface area (Å²) in [5.41, 5.74) is -0.00173. The van der Waals surface area contributed by atoms with Gasteiger partial charge in [0.15, 0.2) is 6.10 Å². The largest absolute Gasteiger partial charge is 0.465 e. The Morgan fingerprint density at radius 3 is 2.31 bits per heavy atom. The van der Waals surface area contributed by atoms with Gasteiger partial charge < -0.3 is 23.8 Å². The van der Waals surface area contributed by atoms with E-state index in [4.69, 9.17) is 14.2 Å². The number of anilines is 1. The molecule has 1 heterocycles.